The van der Waals surface area contributed by atoms with Gasteiger partial charge in [-0.2, -0.15) is 0 Å². The average molecular weight is 290 g/mol. The zero-order chi connectivity index (χ0) is 14.8. The lowest BCUT2D eigenvalue weighted by atomic mass is 10.1. The Morgan fingerprint density at radius 1 is 1.48 bits per heavy atom. The van der Waals surface area contributed by atoms with E-state index in [9.17, 15) is 14.4 Å². The van der Waals surface area contributed by atoms with Crippen LogP contribution in [0.2, 0.25) is 0 Å². The molecule has 110 valence electrons. The van der Waals surface area contributed by atoms with Gasteiger partial charge in [0.05, 0.1) is 6.26 Å². The summed E-state index contributed by atoms with van der Waals surface area (Å²) in [7, 11) is 0. The molecule has 8 heteroatoms. The number of Topliss-reactive ketones (excluding diaryl/α,β-unsaturated/α-hetero) is 1. The van der Waals surface area contributed by atoms with Crippen molar-refractivity contribution >= 4 is 11.7 Å². The van der Waals surface area contributed by atoms with Gasteiger partial charge >= 0.3 is 5.69 Å². The number of H-pyrrole nitrogens is 2. The fourth-order valence-corrected chi connectivity index (χ4v) is 2.57. The van der Waals surface area contributed by atoms with Gasteiger partial charge in [-0.1, -0.05) is 0 Å². The number of rotatable bonds is 4. The van der Waals surface area contributed by atoms with E-state index in [0.717, 1.165) is 12.8 Å². The third kappa shape index (κ3) is 2.64. The van der Waals surface area contributed by atoms with Crippen molar-refractivity contribution in [1.29, 1.82) is 0 Å². The van der Waals surface area contributed by atoms with Crippen LogP contribution < -0.4 is 5.69 Å². The van der Waals surface area contributed by atoms with Crippen molar-refractivity contribution in [2.75, 3.05) is 6.54 Å². The molecule has 3 rings (SSSR count). The summed E-state index contributed by atoms with van der Waals surface area (Å²) >= 11 is 0. The molecule has 0 spiro atoms. The van der Waals surface area contributed by atoms with E-state index in [0.29, 0.717) is 12.3 Å². The Labute approximate surface area is 119 Å². The van der Waals surface area contributed by atoms with Crippen molar-refractivity contribution in [2.24, 2.45) is 0 Å². The van der Waals surface area contributed by atoms with Gasteiger partial charge in [0.25, 0.3) is 5.91 Å². The fraction of sp³-hybridized carbons (Fsp3) is 0.385. The standard InChI is InChI=1S/C13H14N4O4/c18-9(10-4-2-6-21-10)7-8-3-1-5-17(8)12(19)11-14-13(20)16-15-11/h2,4,6,8H,1,3,5,7H2,(H2,14,15,16,20). The van der Waals surface area contributed by atoms with Crippen molar-refractivity contribution in [3.63, 3.8) is 0 Å². The highest BCUT2D eigenvalue weighted by molar-refractivity contribution is 5.95. The summed E-state index contributed by atoms with van der Waals surface area (Å²) in [6, 6.07) is 3.06. The summed E-state index contributed by atoms with van der Waals surface area (Å²) in [6.07, 6.45) is 3.20. The molecule has 1 atom stereocenters. The maximum atomic E-state index is 12.3. The largest absolute Gasteiger partial charge is 0.461 e. The van der Waals surface area contributed by atoms with Crippen LogP contribution in [0.4, 0.5) is 0 Å². The number of ketones is 1. The first kappa shape index (κ1) is 13.3. The Hall–Kier alpha value is -2.64. The first-order valence-corrected chi connectivity index (χ1v) is 6.67. The van der Waals surface area contributed by atoms with Crippen LogP contribution in [-0.2, 0) is 0 Å². The Kier molecular flexibility index (Phi) is 3.43. The van der Waals surface area contributed by atoms with Gasteiger partial charge < -0.3 is 9.32 Å². The molecule has 0 aliphatic carbocycles. The second kappa shape index (κ2) is 5.39. The molecule has 1 saturated heterocycles. The molecule has 1 aliphatic heterocycles. The second-order valence-corrected chi connectivity index (χ2v) is 4.93. The van der Waals surface area contributed by atoms with Crippen molar-refractivity contribution in [3.8, 4) is 0 Å². The molecule has 1 aliphatic rings. The SMILES string of the molecule is O=C(CC1CCCN1C(=O)c1n[nH]c(=O)[nH]1)c1ccco1. The fourth-order valence-electron chi connectivity index (χ4n) is 2.57. The van der Waals surface area contributed by atoms with E-state index < -0.39 is 5.69 Å². The number of likely N-dealkylation sites (tertiary alicyclic amines) is 1. The lowest BCUT2D eigenvalue weighted by Crippen LogP contribution is -2.37. The molecule has 3 heterocycles. The van der Waals surface area contributed by atoms with Crippen LogP contribution in [0.3, 0.4) is 0 Å². The highest BCUT2D eigenvalue weighted by Crippen LogP contribution is 2.23. The minimum absolute atomic E-state index is 0.0302. The molecule has 0 aromatic carbocycles. The predicted molar refractivity (Wildman–Crippen MR) is 70.9 cm³/mol. The molecule has 2 N–H and O–H groups in total. The number of aromatic amines is 2. The Bertz CT molecular complexity index is 700. The van der Waals surface area contributed by atoms with E-state index >= 15 is 0 Å². The quantitative estimate of drug-likeness (QED) is 0.799. The Morgan fingerprint density at radius 3 is 3.00 bits per heavy atom. The molecule has 21 heavy (non-hydrogen) atoms. The van der Waals surface area contributed by atoms with Gasteiger partial charge in [0.1, 0.15) is 0 Å². The monoisotopic (exact) mass is 290 g/mol. The molecule has 1 unspecified atom stereocenters. The topological polar surface area (TPSA) is 112 Å². The van der Waals surface area contributed by atoms with Crippen molar-refractivity contribution < 1.29 is 14.0 Å². The zero-order valence-electron chi connectivity index (χ0n) is 11.2. The third-order valence-corrected chi connectivity index (χ3v) is 3.56. The molecular formula is C13H14N4O4. The lowest BCUT2D eigenvalue weighted by Gasteiger charge is -2.22. The lowest BCUT2D eigenvalue weighted by molar-refractivity contribution is 0.0702. The number of carbonyl (C=O) groups excluding carboxylic acids is 2. The van der Waals surface area contributed by atoms with Crippen LogP contribution in [0.1, 0.15) is 40.4 Å². The molecule has 2 aromatic heterocycles. The third-order valence-electron chi connectivity index (χ3n) is 3.56. The minimum Gasteiger partial charge on any atom is -0.461 e. The van der Waals surface area contributed by atoms with Gasteiger partial charge in [-0.15, -0.1) is 5.10 Å². The van der Waals surface area contributed by atoms with Crippen LogP contribution in [-0.4, -0.2) is 44.4 Å². The van der Waals surface area contributed by atoms with Crippen LogP contribution in [0, 0.1) is 0 Å². The van der Waals surface area contributed by atoms with Gasteiger partial charge in [0.2, 0.25) is 5.82 Å². The summed E-state index contributed by atoms with van der Waals surface area (Å²) in [6.45, 7) is 0.545. The smallest absolute Gasteiger partial charge is 0.341 e. The number of furan rings is 1. The maximum Gasteiger partial charge on any atom is 0.341 e. The maximum absolute atomic E-state index is 12.3. The van der Waals surface area contributed by atoms with Gasteiger partial charge in [-0.25, -0.2) is 9.89 Å². The molecule has 0 bridgehead atoms. The van der Waals surface area contributed by atoms with Crippen molar-refractivity contribution in [2.45, 2.75) is 25.3 Å². The van der Waals surface area contributed by atoms with Gasteiger partial charge in [-0.3, -0.25) is 14.6 Å². The first-order valence-electron chi connectivity index (χ1n) is 6.67. The van der Waals surface area contributed by atoms with E-state index in [1.165, 1.54) is 6.26 Å². The highest BCUT2D eigenvalue weighted by atomic mass is 16.3. The van der Waals surface area contributed by atoms with E-state index in [-0.39, 0.29) is 30.0 Å². The van der Waals surface area contributed by atoms with Crippen molar-refractivity contribution in [1.82, 2.24) is 20.1 Å². The van der Waals surface area contributed by atoms with E-state index in [1.54, 1.807) is 17.0 Å². The Morgan fingerprint density at radius 2 is 2.33 bits per heavy atom. The van der Waals surface area contributed by atoms with E-state index in [4.69, 9.17) is 4.42 Å². The van der Waals surface area contributed by atoms with Crippen LogP contribution in [0.5, 0.6) is 0 Å². The molecule has 8 nitrogen and oxygen atoms in total. The summed E-state index contributed by atoms with van der Waals surface area (Å²) in [5.41, 5.74) is -0.527. The zero-order valence-corrected chi connectivity index (χ0v) is 11.2. The first-order chi connectivity index (χ1) is 10.1. The molecule has 0 saturated carbocycles. The van der Waals surface area contributed by atoms with Crippen LogP contribution in [0.25, 0.3) is 0 Å². The normalized spacial score (nSPS) is 18.1. The second-order valence-electron chi connectivity index (χ2n) is 4.93. The number of hydrogen-bond acceptors (Lipinski definition) is 5. The summed E-state index contributed by atoms with van der Waals surface area (Å²) in [5, 5.41) is 5.80. The number of nitrogens with one attached hydrogen (secondary N) is 2. The minimum atomic E-state index is -0.527. The highest BCUT2D eigenvalue weighted by Gasteiger charge is 2.33. The number of amides is 1. The summed E-state index contributed by atoms with van der Waals surface area (Å²) in [5.74, 6) is -0.247. The molecule has 2 aromatic rings. The summed E-state index contributed by atoms with van der Waals surface area (Å²) < 4.78 is 5.07. The number of aromatic nitrogens is 3. The van der Waals surface area contributed by atoms with Crippen LogP contribution >= 0.6 is 0 Å². The summed E-state index contributed by atoms with van der Waals surface area (Å²) in [4.78, 5) is 39.3. The molecule has 1 amide bonds. The average Bonchev–Trinajstić information content (AvgIpc) is 3.18. The van der Waals surface area contributed by atoms with Crippen molar-refractivity contribution in [3.05, 3.63) is 40.5 Å². The van der Waals surface area contributed by atoms with E-state index in [2.05, 4.69) is 15.2 Å². The predicted octanol–water partition coefficient (Wildman–Crippen LogP) is 0.569. The Balaban J connectivity index is 1.72. The van der Waals surface area contributed by atoms with Gasteiger partial charge in [-0.05, 0) is 25.0 Å². The van der Waals surface area contributed by atoms with Gasteiger partial charge in [0, 0.05) is 19.0 Å². The van der Waals surface area contributed by atoms with Gasteiger partial charge in [0.15, 0.2) is 11.5 Å². The number of hydrogen-bond donors (Lipinski definition) is 2. The number of nitrogens with zero attached hydrogens (tertiary/aromatic N) is 2. The molecule has 0 radical (unpaired) electrons. The molecule has 1 fully saturated rings. The van der Waals surface area contributed by atoms with Crippen LogP contribution in [0.15, 0.2) is 27.6 Å². The molecular weight excluding hydrogens is 276 g/mol. The number of carbonyl (C=O) groups is 2. The van der Waals surface area contributed by atoms with E-state index in [1.807, 2.05) is 0 Å².